The second kappa shape index (κ2) is 3.53. The van der Waals surface area contributed by atoms with Gasteiger partial charge >= 0.3 is 5.97 Å². The molecule has 1 aliphatic rings. The Morgan fingerprint density at radius 2 is 2.50 bits per heavy atom. The van der Waals surface area contributed by atoms with E-state index in [2.05, 4.69) is 5.43 Å². The lowest BCUT2D eigenvalue weighted by atomic mass is 10.0. The normalized spacial score (nSPS) is 24.2. The summed E-state index contributed by atoms with van der Waals surface area (Å²) in [5.74, 6) is -1.62. The smallest absolute Gasteiger partial charge is 0.308 e. The second-order valence-corrected chi connectivity index (χ2v) is 2.74. The van der Waals surface area contributed by atoms with Crippen LogP contribution >= 0.6 is 0 Å². The molecule has 2 N–H and O–H groups in total. The van der Waals surface area contributed by atoms with E-state index in [0.717, 1.165) is 0 Å². The van der Waals surface area contributed by atoms with Crippen molar-refractivity contribution in [2.45, 2.75) is 13.3 Å². The van der Waals surface area contributed by atoms with E-state index >= 15 is 0 Å². The average molecular weight is 172 g/mol. The first-order valence-corrected chi connectivity index (χ1v) is 3.91. The molecular formula is C7H12N2O3. The first kappa shape index (κ1) is 8.99. The van der Waals surface area contributed by atoms with Gasteiger partial charge in [0.05, 0.1) is 5.92 Å². The molecule has 1 unspecified atom stereocenters. The van der Waals surface area contributed by atoms with Gasteiger partial charge in [0.2, 0.25) is 5.91 Å². The highest BCUT2D eigenvalue weighted by Crippen LogP contribution is 2.09. The Kier molecular flexibility index (Phi) is 2.65. The molecule has 0 aromatic heterocycles. The van der Waals surface area contributed by atoms with E-state index < -0.39 is 11.9 Å². The molecule has 0 saturated carbocycles. The number of nitrogens with zero attached hydrogens (tertiary/aromatic N) is 1. The van der Waals surface area contributed by atoms with Crippen LogP contribution in [0.1, 0.15) is 13.3 Å². The van der Waals surface area contributed by atoms with Crippen LogP contribution in [0.2, 0.25) is 0 Å². The standard InChI is InChI=1S/C7H12N2O3/c1-2-9-6(10)3-5(4-8-9)7(11)12/h5,8H,2-4H2,1H3,(H,11,12). The van der Waals surface area contributed by atoms with Crippen LogP contribution in [0, 0.1) is 5.92 Å². The number of carbonyl (C=O) groups excluding carboxylic acids is 1. The summed E-state index contributed by atoms with van der Waals surface area (Å²) >= 11 is 0. The minimum Gasteiger partial charge on any atom is -0.481 e. The lowest BCUT2D eigenvalue weighted by molar-refractivity contribution is -0.151. The van der Waals surface area contributed by atoms with Gasteiger partial charge in [0.15, 0.2) is 0 Å². The number of carboxylic acid groups (broad SMARTS) is 1. The highest BCUT2D eigenvalue weighted by molar-refractivity contribution is 5.83. The molecule has 0 radical (unpaired) electrons. The van der Waals surface area contributed by atoms with E-state index in [-0.39, 0.29) is 12.3 Å². The predicted molar refractivity (Wildman–Crippen MR) is 41.1 cm³/mol. The van der Waals surface area contributed by atoms with Crippen molar-refractivity contribution in [1.82, 2.24) is 10.4 Å². The lowest BCUT2D eigenvalue weighted by Gasteiger charge is -2.29. The summed E-state index contributed by atoms with van der Waals surface area (Å²) in [6.45, 7) is 2.76. The number of rotatable bonds is 2. The Balaban J connectivity index is 2.52. The van der Waals surface area contributed by atoms with Crippen molar-refractivity contribution in [3.8, 4) is 0 Å². The number of aliphatic carboxylic acids is 1. The summed E-state index contributed by atoms with van der Waals surface area (Å²) in [4.78, 5) is 21.6. The van der Waals surface area contributed by atoms with Gasteiger partial charge in [0.1, 0.15) is 0 Å². The fourth-order valence-electron chi connectivity index (χ4n) is 1.16. The van der Waals surface area contributed by atoms with Crippen LogP contribution in [0.5, 0.6) is 0 Å². The fourth-order valence-corrected chi connectivity index (χ4v) is 1.16. The van der Waals surface area contributed by atoms with E-state index in [4.69, 9.17) is 5.11 Å². The zero-order chi connectivity index (χ0) is 9.14. The van der Waals surface area contributed by atoms with E-state index in [9.17, 15) is 9.59 Å². The number of carboxylic acids is 1. The van der Waals surface area contributed by atoms with Crippen molar-refractivity contribution in [2.24, 2.45) is 5.92 Å². The van der Waals surface area contributed by atoms with Crippen molar-refractivity contribution in [2.75, 3.05) is 13.1 Å². The summed E-state index contributed by atoms with van der Waals surface area (Å²) in [5.41, 5.74) is 2.75. The molecule has 1 heterocycles. The largest absolute Gasteiger partial charge is 0.481 e. The van der Waals surface area contributed by atoms with Gasteiger partial charge in [-0.3, -0.25) is 14.6 Å². The topological polar surface area (TPSA) is 69.6 Å². The Morgan fingerprint density at radius 3 is 2.92 bits per heavy atom. The second-order valence-electron chi connectivity index (χ2n) is 2.74. The minimum atomic E-state index is -0.911. The third kappa shape index (κ3) is 1.73. The quantitative estimate of drug-likeness (QED) is 0.586. The molecule has 1 fully saturated rings. The molecule has 1 saturated heterocycles. The van der Waals surface area contributed by atoms with Crippen molar-refractivity contribution >= 4 is 11.9 Å². The zero-order valence-electron chi connectivity index (χ0n) is 6.91. The van der Waals surface area contributed by atoms with Gasteiger partial charge in [0, 0.05) is 19.5 Å². The zero-order valence-corrected chi connectivity index (χ0v) is 6.91. The van der Waals surface area contributed by atoms with Gasteiger partial charge in [-0.25, -0.2) is 5.43 Å². The molecule has 0 aliphatic carbocycles. The van der Waals surface area contributed by atoms with Crippen molar-refractivity contribution in [3.05, 3.63) is 0 Å². The van der Waals surface area contributed by atoms with E-state index in [0.29, 0.717) is 13.1 Å². The predicted octanol–water partition coefficient (Wildman–Crippen LogP) is -0.556. The molecule has 1 atom stereocenters. The fraction of sp³-hybridized carbons (Fsp3) is 0.714. The number of hydrogen-bond acceptors (Lipinski definition) is 3. The maximum absolute atomic E-state index is 11.1. The molecule has 5 heteroatoms. The SMILES string of the molecule is CCN1NCC(C(=O)O)CC1=O. The summed E-state index contributed by atoms with van der Waals surface area (Å²) in [5, 5.41) is 10.0. The minimum absolute atomic E-state index is 0.107. The van der Waals surface area contributed by atoms with Crippen LogP contribution in [0.3, 0.4) is 0 Å². The maximum Gasteiger partial charge on any atom is 0.308 e. The number of carbonyl (C=O) groups is 2. The van der Waals surface area contributed by atoms with E-state index in [1.54, 1.807) is 0 Å². The molecule has 0 spiro atoms. The molecule has 1 aliphatic heterocycles. The molecule has 0 bridgehead atoms. The third-order valence-electron chi connectivity index (χ3n) is 1.92. The Morgan fingerprint density at radius 1 is 1.83 bits per heavy atom. The molecule has 1 rings (SSSR count). The van der Waals surface area contributed by atoms with Crippen LogP contribution in [0.25, 0.3) is 0 Å². The van der Waals surface area contributed by atoms with Gasteiger partial charge < -0.3 is 5.11 Å². The lowest BCUT2D eigenvalue weighted by Crippen LogP contribution is -2.51. The summed E-state index contributed by atoms with van der Waals surface area (Å²) in [6, 6.07) is 0. The third-order valence-corrected chi connectivity index (χ3v) is 1.92. The van der Waals surface area contributed by atoms with Gasteiger partial charge in [-0.1, -0.05) is 0 Å². The highest BCUT2D eigenvalue weighted by atomic mass is 16.4. The van der Waals surface area contributed by atoms with Gasteiger partial charge in [-0.15, -0.1) is 0 Å². The summed E-state index contributed by atoms with van der Waals surface area (Å²) in [7, 11) is 0. The molecule has 12 heavy (non-hydrogen) atoms. The summed E-state index contributed by atoms with van der Waals surface area (Å²) < 4.78 is 0. The molecule has 1 amide bonds. The van der Waals surface area contributed by atoms with Gasteiger partial charge in [-0.2, -0.15) is 0 Å². The average Bonchev–Trinajstić information content (AvgIpc) is 2.04. The first-order chi connectivity index (χ1) is 5.65. The van der Waals surface area contributed by atoms with Crippen LogP contribution in [0.15, 0.2) is 0 Å². The molecular weight excluding hydrogens is 160 g/mol. The molecule has 5 nitrogen and oxygen atoms in total. The van der Waals surface area contributed by atoms with Crippen molar-refractivity contribution in [3.63, 3.8) is 0 Å². The van der Waals surface area contributed by atoms with Gasteiger partial charge in [0.25, 0.3) is 0 Å². The molecule has 68 valence electrons. The maximum atomic E-state index is 11.1. The number of hydrogen-bond donors (Lipinski definition) is 2. The van der Waals surface area contributed by atoms with Crippen molar-refractivity contribution < 1.29 is 14.7 Å². The Labute approximate surface area is 70.3 Å². The van der Waals surface area contributed by atoms with E-state index in [1.807, 2.05) is 6.92 Å². The number of nitrogens with one attached hydrogen (secondary N) is 1. The van der Waals surface area contributed by atoms with Gasteiger partial charge in [-0.05, 0) is 6.92 Å². The monoisotopic (exact) mass is 172 g/mol. The van der Waals surface area contributed by atoms with Crippen LogP contribution < -0.4 is 5.43 Å². The molecule has 0 aromatic carbocycles. The van der Waals surface area contributed by atoms with Crippen LogP contribution in [-0.2, 0) is 9.59 Å². The number of hydrazine groups is 1. The Bertz CT molecular complexity index is 205. The van der Waals surface area contributed by atoms with Crippen molar-refractivity contribution in [1.29, 1.82) is 0 Å². The summed E-state index contributed by atoms with van der Waals surface area (Å²) in [6.07, 6.45) is 0.107. The van der Waals surface area contributed by atoms with Crippen LogP contribution in [0.4, 0.5) is 0 Å². The first-order valence-electron chi connectivity index (χ1n) is 3.91. The van der Waals surface area contributed by atoms with Crippen LogP contribution in [-0.4, -0.2) is 35.1 Å². The highest BCUT2D eigenvalue weighted by Gasteiger charge is 2.28. The number of amides is 1. The molecule has 0 aromatic rings. The Hall–Kier alpha value is -1.10. The van der Waals surface area contributed by atoms with E-state index in [1.165, 1.54) is 5.01 Å².